The standard InChI is InChI=1S/C14H22O7/c1-4-21-13(20)14(7-5-10(15)16,8-6-11(17)18)12(19)9(2)3/h9H,4-8H2,1-3H3,(H,15,16)(H,17,18). The second kappa shape index (κ2) is 8.39. The van der Waals surface area contributed by atoms with Crippen LogP contribution < -0.4 is 0 Å². The van der Waals surface area contributed by atoms with Crippen LogP contribution in [0.25, 0.3) is 0 Å². The van der Waals surface area contributed by atoms with Gasteiger partial charge in [-0.3, -0.25) is 19.2 Å². The van der Waals surface area contributed by atoms with E-state index in [9.17, 15) is 19.2 Å². The molecule has 2 N–H and O–H groups in total. The number of ketones is 1. The van der Waals surface area contributed by atoms with Crippen molar-refractivity contribution in [2.24, 2.45) is 11.3 Å². The van der Waals surface area contributed by atoms with Crippen molar-refractivity contribution in [1.29, 1.82) is 0 Å². The van der Waals surface area contributed by atoms with E-state index in [1.165, 1.54) is 0 Å². The molecule has 0 heterocycles. The van der Waals surface area contributed by atoms with Crippen LogP contribution in [0.5, 0.6) is 0 Å². The Morgan fingerprint density at radius 1 is 1.00 bits per heavy atom. The smallest absolute Gasteiger partial charge is 0.319 e. The van der Waals surface area contributed by atoms with Gasteiger partial charge in [-0.2, -0.15) is 0 Å². The lowest BCUT2D eigenvalue weighted by Gasteiger charge is -2.30. The summed E-state index contributed by atoms with van der Waals surface area (Å²) in [7, 11) is 0. The van der Waals surface area contributed by atoms with E-state index in [-0.39, 0.29) is 19.4 Å². The molecule has 0 aromatic rings. The summed E-state index contributed by atoms with van der Waals surface area (Å²) in [5.41, 5.74) is -1.71. The number of Topliss-reactive ketones (excluding diaryl/α,β-unsaturated/α-hetero) is 1. The number of carbonyl (C=O) groups excluding carboxylic acids is 2. The molecular formula is C14H22O7. The highest BCUT2D eigenvalue weighted by atomic mass is 16.5. The number of hydrogen-bond acceptors (Lipinski definition) is 5. The monoisotopic (exact) mass is 302 g/mol. The van der Waals surface area contributed by atoms with E-state index < -0.39 is 47.9 Å². The lowest BCUT2D eigenvalue weighted by Crippen LogP contribution is -2.44. The first-order valence-corrected chi connectivity index (χ1v) is 6.82. The zero-order valence-electron chi connectivity index (χ0n) is 12.5. The molecule has 0 aliphatic carbocycles. The number of hydrogen-bond donors (Lipinski definition) is 2. The van der Waals surface area contributed by atoms with Crippen molar-refractivity contribution in [3.8, 4) is 0 Å². The summed E-state index contributed by atoms with van der Waals surface area (Å²) in [6.45, 7) is 4.76. The zero-order valence-corrected chi connectivity index (χ0v) is 12.5. The Balaban J connectivity index is 5.55. The highest BCUT2D eigenvalue weighted by molar-refractivity contribution is 6.05. The molecule has 0 amide bonds. The summed E-state index contributed by atoms with van der Waals surface area (Å²) in [6, 6.07) is 0. The van der Waals surface area contributed by atoms with Crippen molar-refractivity contribution >= 4 is 23.7 Å². The molecule has 0 rings (SSSR count). The van der Waals surface area contributed by atoms with Crippen molar-refractivity contribution in [1.82, 2.24) is 0 Å². The first kappa shape index (κ1) is 19.1. The molecule has 0 saturated heterocycles. The van der Waals surface area contributed by atoms with Gasteiger partial charge in [0.15, 0.2) is 5.78 Å². The molecule has 0 fully saturated rings. The number of carboxylic acid groups (broad SMARTS) is 2. The third kappa shape index (κ3) is 5.53. The van der Waals surface area contributed by atoms with Crippen LogP contribution >= 0.6 is 0 Å². The minimum atomic E-state index is -1.71. The minimum absolute atomic E-state index is 0.0338. The number of carbonyl (C=O) groups is 4. The van der Waals surface area contributed by atoms with Crippen molar-refractivity contribution in [2.75, 3.05) is 6.61 Å². The third-order valence-electron chi connectivity index (χ3n) is 3.19. The Hall–Kier alpha value is -1.92. The van der Waals surface area contributed by atoms with E-state index in [0.29, 0.717) is 0 Å². The second-order valence-electron chi connectivity index (χ2n) is 5.11. The van der Waals surface area contributed by atoms with Crippen molar-refractivity contribution in [3.63, 3.8) is 0 Å². The van der Waals surface area contributed by atoms with Crippen LogP contribution in [0.3, 0.4) is 0 Å². The summed E-state index contributed by atoms with van der Waals surface area (Å²) in [5.74, 6) is -4.17. The summed E-state index contributed by atoms with van der Waals surface area (Å²) < 4.78 is 4.90. The van der Waals surface area contributed by atoms with Gasteiger partial charge in [-0.05, 0) is 19.8 Å². The fourth-order valence-electron chi connectivity index (χ4n) is 2.14. The highest BCUT2D eigenvalue weighted by Gasteiger charge is 2.47. The van der Waals surface area contributed by atoms with Gasteiger partial charge in [0.2, 0.25) is 0 Å². The second-order valence-corrected chi connectivity index (χ2v) is 5.11. The molecule has 0 radical (unpaired) electrons. The van der Waals surface area contributed by atoms with Crippen LogP contribution in [0, 0.1) is 11.3 Å². The maximum absolute atomic E-state index is 12.4. The summed E-state index contributed by atoms with van der Waals surface area (Å²) in [4.78, 5) is 46.2. The average Bonchev–Trinajstić information content (AvgIpc) is 2.38. The fraction of sp³-hybridized carbons (Fsp3) is 0.714. The van der Waals surface area contributed by atoms with Gasteiger partial charge in [-0.1, -0.05) is 13.8 Å². The lowest BCUT2D eigenvalue weighted by atomic mass is 9.72. The van der Waals surface area contributed by atoms with Crippen molar-refractivity contribution in [2.45, 2.75) is 46.5 Å². The van der Waals surface area contributed by atoms with Crippen LogP contribution in [0.2, 0.25) is 0 Å². The first-order valence-electron chi connectivity index (χ1n) is 6.82. The maximum atomic E-state index is 12.4. The SMILES string of the molecule is CCOC(=O)C(CCC(=O)O)(CCC(=O)O)C(=O)C(C)C. The molecule has 0 unspecified atom stereocenters. The van der Waals surface area contributed by atoms with Gasteiger partial charge in [0.05, 0.1) is 6.61 Å². The Kier molecular flexibility index (Phi) is 7.62. The van der Waals surface area contributed by atoms with E-state index in [2.05, 4.69) is 0 Å². The van der Waals surface area contributed by atoms with Crippen molar-refractivity contribution in [3.05, 3.63) is 0 Å². The van der Waals surface area contributed by atoms with Gasteiger partial charge >= 0.3 is 17.9 Å². The first-order chi connectivity index (χ1) is 9.67. The van der Waals surface area contributed by atoms with Gasteiger partial charge < -0.3 is 14.9 Å². The van der Waals surface area contributed by atoms with Crippen molar-refractivity contribution < 1.29 is 34.1 Å². The number of carboxylic acids is 2. The predicted molar refractivity (Wildman–Crippen MR) is 72.7 cm³/mol. The average molecular weight is 302 g/mol. The van der Waals surface area contributed by atoms with Gasteiger partial charge in [0, 0.05) is 18.8 Å². The molecule has 0 aromatic carbocycles. The number of ether oxygens (including phenoxy) is 1. The highest BCUT2D eigenvalue weighted by Crippen LogP contribution is 2.35. The Bertz CT molecular complexity index is 394. The molecule has 0 bridgehead atoms. The summed E-state index contributed by atoms with van der Waals surface area (Å²) in [6.07, 6.45) is -1.33. The van der Waals surface area contributed by atoms with Gasteiger partial charge in [-0.15, -0.1) is 0 Å². The molecule has 7 nitrogen and oxygen atoms in total. The topological polar surface area (TPSA) is 118 Å². The van der Waals surface area contributed by atoms with Crippen LogP contribution in [0.15, 0.2) is 0 Å². The van der Waals surface area contributed by atoms with E-state index >= 15 is 0 Å². The van der Waals surface area contributed by atoms with Crippen LogP contribution in [-0.4, -0.2) is 40.5 Å². The van der Waals surface area contributed by atoms with E-state index in [1.807, 2.05) is 0 Å². The molecule has 7 heteroatoms. The third-order valence-corrected chi connectivity index (χ3v) is 3.19. The normalized spacial score (nSPS) is 11.2. The Labute approximate surface area is 123 Å². The predicted octanol–water partition coefficient (Wildman–Crippen LogP) is 1.49. The minimum Gasteiger partial charge on any atom is -0.481 e. The number of aliphatic carboxylic acids is 2. The Morgan fingerprint density at radius 2 is 1.43 bits per heavy atom. The van der Waals surface area contributed by atoms with E-state index in [1.54, 1.807) is 20.8 Å². The molecule has 120 valence electrons. The molecule has 0 atom stereocenters. The Morgan fingerprint density at radius 3 is 1.71 bits per heavy atom. The van der Waals surface area contributed by atoms with E-state index in [0.717, 1.165) is 0 Å². The molecule has 0 aliphatic heterocycles. The van der Waals surface area contributed by atoms with Gasteiger partial charge in [0.1, 0.15) is 5.41 Å². The molecular weight excluding hydrogens is 280 g/mol. The molecule has 0 spiro atoms. The number of esters is 1. The molecule has 0 aliphatic rings. The quantitative estimate of drug-likeness (QED) is 0.463. The van der Waals surface area contributed by atoms with Crippen LogP contribution in [-0.2, 0) is 23.9 Å². The maximum Gasteiger partial charge on any atom is 0.319 e. The van der Waals surface area contributed by atoms with Crippen LogP contribution in [0.4, 0.5) is 0 Å². The summed E-state index contributed by atoms with van der Waals surface area (Å²) >= 11 is 0. The lowest BCUT2D eigenvalue weighted by molar-refractivity contribution is -0.163. The molecule has 0 aromatic heterocycles. The van der Waals surface area contributed by atoms with Gasteiger partial charge in [0.25, 0.3) is 0 Å². The van der Waals surface area contributed by atoms with E-state index in [4.69, 9.17) is 14.9 Å². The number of rotatable bonds is 10. The molecule has 21 heavy (non-hydrogen) atoms. The van der Waals surface area contributed by atoms with Crippen LogP contribution in [0.1, 0.15) is 46.5 Å². The van der Waals surface area contributed by atoms with Gasteiger partial charge in [-0.25, -0.2) is 0 Å². The largest absolute Gasteiger partial charge is 0.481 e. The zero-order chi connectivity index (χ0) is 16.6. The fourth-order valence-corrected chi connectivity index (χ4v) is 2.14. The molecule has 0 saturated carbocycles. The summed E-state index contributed by atoms with van der Waals surface area (Å²) in [5, 5.41) is 17.6.